The first kappa shape index (κ1) is 15.0. The molecule has 0 bridgehead atoms. The van der Waals surface area contributed by atoms with Gasteiger partial charge in [-0.3, -0.25) is 9.59 Å². The first-order chi connectivity index (χ1) is 8.85. The molecule has 0 aromatic heterocycles. The van der Waals surface area contributed by atoms with Crippen LogP contribution in [0, 0.1) is 0 Å². The van der Waals surface area contributed by atoms with Crippen molar-refractivity contribution < 1.29 is 14.3 Å². The van der Waals surface area contributed by atoms with Gasteiger partial charge in [0.25, 0.3) is 5.91 Å². The fourth-order valence-corrected chi connectivity index (χ4v) is 1.22. The maximum absolute atomic E-state index is 11.8. The van der Waals surface area contributed by atoms with Crippen molar-refractivity contribution in [1.29, 1.82) is 0 Å². The molecular formula is C13H19N3O3. The second-order valence-electron chi connectivity index (χ2n) is 4.50. The molecule has 1 aromatic rings. The molecule has 0 aliphatic heterocycles. The average molecular weight is 265 g/mol. The fraction of sp³-hybridized carbons (Fsp3) is 0.385. The molecular weight excluding hydrogens is 246 g/mol. The molecule has 0 fully saturated rings. The maximum atomic E-state index is 11.8. The number of benzene rings is 1. The number of rotatable bonds is 6. The molecule has 6 heteroatoms. The number of ether oxygens (including phenoxy) is 1. The van der Waals surface area contributed by atoms with E-state index in [1.54, 1.807) is 31.2 Å². The molecule has 104 valence electrons. The third-order valence-corrected chi connectivity index (χ3v) is 2.75. The minimum absolute atomic E-state index is 0.178. The van der Waals surface area contributed by atoms with Gasteiger partial charge in [0.2, 0.25) is 5.91 Å². The zero-order valence-electron chi connectivity index (χ0n) is 11.1. The smallest absolute Gasteiger partial charge is 0.255 e. The van der Waals surface area contributed by atoms with E-state index in [0.29, 0.717) is 17.9 Å². The summed E-state index contributed by atoms with van der Waals surface area (Å²) in [6, 6.07) is 6.61. The molecule has 0 saturated heterocycles. The average Bonchev–Trinajstić information content (AvgIpc) is 2.37. The van der Waals surface area contributed by atoms with Crippen LogP contribution in [0.1, 0.15) is 20.3 Å². The number of carbonyl (C=O) groups is 2. The van der Waals surface area contributed by atoms with Crippen LogP contribution in [0.2, 0.25) is 0 Å². The second-order valence-corrected chi connectivity index (χ2v) is 4.50. The van der Waals surface area contributed by atoms with Crippen LogP contribution in [0.3, 0.4) is 0 Å². The lowest BCUT2D eigenvalue weighted by Gasteiger charge is -2.21. The maximum Gasteiger partial charge on any atom is 0.255 e. The van der Waals surface area contributed by atoms with Crippen LogP contribution in [0.5, 0.6) is 5.75 Å². The van der Waals surface area contributed by atoms with E-state index in [4.69, 9.17) is 16.2 Å². The summed E-state index contributed by atoms with van der Waals surface area (Å²) >= 11 is 0. The van der Waals surface area contributed by atoms with Gasteiger partial charge in [-0.1, -0.05) is 6.92 Å². The molecule has 0 aliphatic rings. The monoisotopic (exact) mass is 265 g/mol. The summed E-state index contributed by atoms with van der Waals surface area (Å²) in [6.45, 7) is 3.34. The Kier molecular flexibility index (Phi) is 4.88. The van der Waals surface area contributed by atoms with Gasteiger partial charge in [-0.05, 0) is 37.6 Å². The van der Waals surface area contributed by atoms with Crippen molar-refractivity contribution >= 4 is 17.5 Å². The highest BCUT2D eigenvalue weighted by molar-refractivity contribution is 5.97. The predicted octanol–water partition coefficient (Wildman–Crippen LogP) is 0.617. The summed E-state index contributed by atoms with van der Waals surface area (Å²) in [5, 5.41) is 2.71. The molecule has 0 spiro atoms. The molecule has 0 heterocycles. The number of anilines is 1. The van der Waals surface area contributed by atoms with E-state index < -0.39 is 11.4 Å². The minimum Gasteiger partial charge on any atom is -0.484 e. The number of hydrogen-bond acceptors (Lipinski definition) is 4. The highest BCUT2D eigenvalue weighted by Crippen LogP contribution is 2.17. The van der Waals surface area contributed by atoms with Gasteiger partial charge in [-0.2, -0.15) is 0 Å². The van der Waals surface area contributed by atoms with Crippen molar-refractivity contribution in [3.8, 4) is 5.75 Å². The lowest BCUT2D eigenvalue weighted by molar-refractivity contribution is -0.121. The minimum atomic E-state index is -0.902. The third-order valence-electron chi connectivity index (χ3n) is 2.75. The van der Waals surface area contributed by atoms with Crippen LogP contribution in [-0.4, -0.2) is 24.0 Å². The fourth-order valence-electron chi connectivity index (χ4n) is 1.22. The Morgan fingerprint density at radius 3 is 2.37 bits per heavy atom. The highest BCUT2D eigenvalue weighted by atomic mass is 16.5. The van der Waals surface area contributed by atoms with Crippen LogP contribution in [0.15, 0.2) is 24.3 Å². The molecule has 6 nitrogen and oxygen atoms in total. The number of hydrogen-bond donors (Lipinski definition) is 3. The van der Waals surface area contributed by atoms with Crippen LogP contribution >= 0.6 is 0 Å². The van der Waals surface area contributed by atoms with Crippen molar-refractivity contribution in [2.24, 2.45) is 11.5 Å². The normalized spacial score (nSPS) is 13.4. The zero-order valence-corrected chi connectivity index (χ0v) is 11.1. The zero-order chi connectivity index (χ0) is 14.5. The number of nitrogens with one attached hydrogen (secondary N) is 1. The van der Waals surface area contributed by atoms with Gasteiger partial charge in [0, 0.05) is 5.69 Å². The topological polar surface area (TPSA) is 107 Å². The Balaban J connectivity index is 2.62. The molecule has 0 radical (unpaired) electrons. The summed E-state index contributed by atoms with van der Waals surface area (Å²) in [7, 11) is 0. The van der Waals surface area contributed by atoms with E-state index in [9.17, 15) is 9.59 Å². The van der Waals surface area contributed by atoms with Crippen molar-refractivity contribution in [2.45, 2.75) is 25.8 Å². The number of nitrogens with two attached hydrogens (primary N) is 2. The quantitative estimate of drug-likeness (QED) is 0.700. The number of primary amides is 1. The van der Waals surface area contributed by atoms with Gasteiger partial charge in [-0.25, -0.2) is 0 Å². The molecule has 19 heavy (non-hydrogen) atoms. The Hall–Kier alpha value is -2.08. The van der Waals surface area contributed by atoms with E-state index in [0.717, 1.165) is 0 Å². The van der Waals surface area contributed by atoms with E-state index in [1.807, 2.05) is 6.92 Å². The largest absolute Gasteiger partial charge is 0.484 e. The van der Waals surface area contributed by atoms with Gasteiger partial charge in [-0.15, -0.1) is 0 Å². The van der Waals surface area contributed by atoms with Crippen molar-refractivity contribution in [3.63, 3.8) is 0 Å². The number of carbonyl (C=O) groups excluding carboxylic acids is 2. The van der Waals surface area contributed by atoms with Gasteiger partial charge in [0.05, 0.1) is 5.54 Å². The van der Waals surface area contributed by atoms with Crippen molar-refractivity contribution in [3.05, 3.63) is 24.3 Å². The first-order valence-electron chi connectivity index (χ1n) is 5.96. The molecule has 1 aromatic carbocycles. The predicted molar refractivity (Wildman–Crippen MR) is 72.6 cm³/mol. The van der Waals surface area contributed by atoms with E-state index in [1.165, 1.54) is 0 Å². The summed E-state index contributed by atoms with van der Waals surface area (Å²) in [6.07, 6.45) is 0.540. The molecule has 0 aliphatic carbocycles. The van der Waals surface area contributed by atoms with Gasteiger partial charge in [0.15, 0.2) is 6.61 Å². The Morgan fingerprint density at radius 1 is 1.32 bits per heavy atom. The first-order valence-corrected chi connectivity index (χ1v) is 5.96. The standard InChI is InChI=1S/C13H19N3O3/c1-3-13(2,15)12(18)16-9-4-6-10(7-5-9)19-8-11(14)17/h4-7H,3,8,15H2,1-2H3,(H2,14,17)(H,16,18). The Morgan fingerprint density at radius 2 is 1.89 bits per heavy atom. The summed E-state index contributed by atoms with van der Waals surface area (Å²) in [4.78, 5) is 22.4. The van der Waals surface area contributed by atoms with Crippen LogP contribution in [0.25, 0.3) is 0 Å². The molecule has 5 N–H and O–H groups in total. The number of amides is 2. The van der Waals surface area contributed by atoms with Gasteiger partial charge < -0.3 is 21.5 Å². The molecule has 1 rings (SSSR count). The Labute approximate surface area is 112 Å². The van der Waals surface area contributed by atoms with E-state index in [-0.39, 0.29) is 12.5 Å². The lowest BCUT2D eigenvalue weighted by atomic mass is 9.99. The molecule has 1 unspecified atom stereocenters. The summed E-state index contributed by atoms with van der Waals surface area (Å²) in [5.41, 5.74) is 10.5. The van der Waals surface area contributed by atoms with Crippen molar-refractivity contribution in [2.75, 3.05) is 11.9 Å². The molecule has 1 atom stereocenters. The second kappa shape index (κ2) is 6.19. The molecule has 0 saturated carbocycles. The lowest BCUT2D eigenvalue weighted by Crippen LogP contribution is -2.47. The van der Waals surface area contributed by atoms with E-state index in [2.05, 4.69) is 5.32 Å². The molecule has 2 amide bonds. The Bertz CT molecular complexity index is 455. The summed E-state index contributed by atoms with van der Waals surface area (Å²) in [5.74, 6) is -0.289. The van der Waals surface area contributed by atoms with Crippen molar-refractivity contribution in [1.82, 2.24) is 0 Å². The van der Waals surface area contributed by atoms with Gasteiger partial charge in [0.1, 0.15) is 5.75 Å². The van der Waals surface area contributed by atoms with Crippen LogP contribution in [0.4, 0.5) is 5.69 Å². The third kappa shape index (κ3) is 4.59. The van der Waals surface area contributed by atoms with Crippen LogP contribution < -0.4 is 21.5 Å². The summed E-state index contributed by atoms with van der Waals surface area (Å²) < 4.78 is 5.10. The SMILES string of the molecule is CCC(C)(N)C(=O)Nc1ccc(OCC(N)=O)cc1. The highest BCUT2D eigenvalue weighted by Gasteiger charge is 2.25. The van der Waals surface area contributed by atoms with Crippen LogP contribution in [-0.2, 0) is 9.59 Å². The van der Waals surface area contributed by atoms with Gasteiger partial charge >= 0.3 is 0 Å². The van der Waals surface area contributed by atoms with E-state index >= 15 is 0 Å².